The van der Waals surface area contributed by atoms with E-state index in [4.69, 9.17) is 19.3 Å². The van der Waals surface area contributed by atoms with Crippen LogP contribution < -0.4 is 14.2 Å². The van der Waals surface area contributed by atoms with E-state index in [1.54, 1.807) is 26.2 Å². The number of rotatable bonds is 15. The Balaban J connectivity index is 1.47. The maximum atomic E-state index is 15.6. The fraction of sp³-hybridized carbons (Fsp3) is 0.355. The molecule has 0 amide bonds. The smallest absolute Gasteiger partial charge is 0.303 e. The summed E-state index contributed by atoms with van der Waals surface area (Å²) in [5.74, 6) is -1.72. The molecule has 0 unspecified atom stereocenters. The molecule has 42 heavy (non-hydrogen) atoms. The highest BCUT2D eigenvalue weighted by molar-refractivity contribution is 7.21. The van der Waals surface area contributed by atoms with E-state index < -0.39 is 17.7 Å². The first kappa shape index (κ1) is 31.1. The number of carbonyl (C=O) groups excluding carboxylic acids is 3. The van der Waals surface area contributed by atoms with E-state index in [9.17, 15) is 19.2 Å². The zero-order chi connectivity index (χ0) is 30.6. The third-order valence-corrected chi connectivity index (χ3v) is 9.22. The Morgan fingerprint density at radius 3 is 2.24 bits per heavy atom. The van der Waals surface area contributed by atoms with Crippen molar-refractivity contribution in [3.8, 4) is 17.2 Å². The summed E-state index contributed by atoms with van der Waals surface area (Å²) in [6, 6.07) is 8.70. The van der Waals surface area contributed by atoms with Gasteiger partial charge in [-0.3, -0.25) is 19.2 Å². The number of carboxylic acid groups (broad SMARTS) is 1. The van der Waals surface area contributed by atoms with Crippen LogP contribution >= 0.6 is 22.7 Å². The van der Waals surface area contributed by atoms with Crippen molar-refractivity contribution in [2.45, 2.75) is 46.0 Å². The van der Waals surface area contributed by atoms with Gasteiger partial charge in [0, 0.05) is 39.6 Å². The summed E-state index contributed by atoms with van der Waals surface area (Å²) in [6.45, 7) is 3.31. The summed E-state index contributed by atoms with van der Waals surface area (Å²) < 4.78 is 33.7. The molecule has 4 rings (SSSR count). The van der Waals surface area contributed by atoms with Crippen LogP contribution in [0.15, 0.2) is 30.3 Å². The molecule has 1 atom stereocenters. The molecule has 8 nitrogen and oxygen atoms in total. The highest BCUT2D eigenvalue weighted by atomic mass is 32.1. The van der Waals surface area contributed by atoms with Gasteiger partial charge in [-0.2, -0.15) is 0 Å². The van der Waals surface area contributed by atoms with Crippen molar-refractivity contribution in [2.75, 3.05) is 20.8 Å². The lowest BCUT2D eigenvalue weighted by molar-refractivity contribution is -0.137. The predicted octanol–water partition coefficient (Wildman–Crippen LogP) is 7.13. The van der Waals surface area contributed by atoms with Crippen LogP contribution in [0.2, 0.25) is 0 Å². The average Bonchev–Trinajstić information content (AvgIpc) is 3.58. The van der Waals surface area contributed by atoms with Crippen molar-refractivity contribution >= 4 is 66.2 Å². The van der Waals surface area contributed by atoms with Crippen molar-refractivity contribution in [2.24, 2.45) is 5.92 Å². The minimum Gasteiger partial charge on any atom is -0.496 e. The molecule has 0 fully saturated rings. The minimum absolute atomic E-state index is 0.0383. The zero-order valence-corrected chi connectivity index (χ0v) is 25.3. The normalized spacial score (nSPS) is 11.9. The zero-order valence-electron chi connectivity index (χ0n) is 23.7. The average molecular weight is 615 g/mol. The van der Waals surface area contributed by atoms with E-state index in [0.717, 1.165) is 27.0 Å². The number of benzene rings is 2. The molecule has 222 valence electrons. The van der Waals surface area contributed by atoms with Gasteiger partial charge < -0.3 is 19.3 Å². The highest BCUT2D eigenvalue weighted by Crippen LogP contribution is 2.41. The number of halogens is 1. The summed E-state index contributed by atoms with van der Waals surface area (Å²) >= 11 is 2.45. The standard InChI is InChI=1S/C31H31FO8S2/c1-16(17(2)33)10-22(35)28-13-20-26(42-28)15-24(39-4)31(30(20)32)40-9-5-6-18-11-19-12-27(21(34)7-8-29(36)37)41-25(19)14-23(18)38-3/h11-16H,5-10H2,1-4H3,(H,36,37)/t16-/m0/s1. The quantitative estimate of drug-likeness (QED) is 0.111. The molecule has 0 spiro atoms. The number of thiophene rings is 2. The molecule has 0 aliphatic carbocycles. The minimum atomic E-state index is -1.01. The predicted molar refractivity (Wildman–Crippen MR) is 161 cm³/mol. The first-order valence-electron chi connectivity index (χ1n) is 13.3. The van der Waals surface area contributed by atoms with Gasteiger partial charge in [0.05, 0.1) is 37.0 Å². The fourth-order valence-corrected chi connectivity index (χ4v) is 6.54. The molecule has 0 saturated heterocycles. The lowest BCUT2D eigenvalue weighted by Gasteiger charge is -2.13. The van der Waals surface area contributed by atoms with Crippen LogP contribution in [0.4, 0.5) is 4.39 Å². The van der Waals surface area contributed by atoms with E-state index in [1.165, 1.54) is 31.4 Å². The van der Waals surface area contributed by atoms with Gasteiger partial charge in [0.2, 0.25) is 0 Å². The number of Topliss-reactive ketones (excluding diaryl/α,β-unsaturated/α-hetero) is 3. The second-order valence-electron chi connectivity index (χ2n) is 9.96. The maximum absolute atomic E-state index is 15.6. The first-order chi connectivity index (χ1) is 20.0. The molecule has 4 aromatic rings. The van der Waals surface area contributed by atoms with Crippen LogP contribution in [0.1, 0.15) is 64.4 Å². The first-order valence-corrected chi connectivity index (χ1v) is 15.0. The van der Waals surface area contributed by atoms with Crippen LogP contribution in [-0.2, 0) is 16.0 Å². The van der Waals surface area contributed by atoms with E-state index in [1.807, 2.05) is 12.1 Å². The lowest BCUT2D eigenvalue weighted by atomic mass is 10.00. The number of aryl methyl sites for hydroxylation is 1. The Labute approximate surface area is 250 Å². The van der Waals surface area contributed by atoms with Crippen molar-refractivity contribution < 1.29 is 42.9 Å². The Hall–Kier alpha value is -3.83. The van der Waals surface area contributed by atoms with Gasteiger partial charge in [0.25, 0.3) is 0 Å². The number of hydrogen-bond acceptors (Lipinski definition) is 9. The molecule has 2 aromatic heterocycles. The number of fused-ring (bicyclic) bond motifs is 2. The van der Waals surface area contributed by atoms with Crippen molar-refractivity contribution in [1.29, 1.82) is 0 Å². The summed E-state index contributed by atoms with van der Waals surface area (Å²) in [5.41, 5.74) is 0.889. The molecule has 0 saturated carbocycles. The molecule has 0 aliphatic rings. The van der Waals surface area contributed by atoms with E-state index in [0.29, 0.717) is 33.0 Å². The van der Waals surface area contributed by atoms with Gasteiger partial charge in [-0.05, 0) is 55.0 Å². The number of carboxylic acids is 1. The van der Waals surface area contributed by atoms with Crippen molar-refractivity contribution in [3.05, 3.63) is 51.5 Å². The number of methoxy groups -OCH3 is 2. The molecular formula is C31H31FO8S2. The van der Waals surface area contributed by atoms with Crippen LogP contribution in [0.25, 0.3) is 20.2 Å². The van der Waals surface area contributed by atoms with Crippen LogP contribution in [0, 0.1) is 11.7 Å². The second-order valence-corrected chi connectivity index (χ2v) is 12.1. The molecule has 0 radical (unpaired) electrons. The van der Waals surface area contributed by atoms with Gasteiger partial charge in [-0.15, -0.1) is 22.7 Å². The van der Waals surface area contributed by atoms with Gasteiger partial charge in [0.15, 0.2) is 28.9 Å². The Kier molecular flexibility index (Phi) is 9.95. The van der Waals surface area contributed by atoms with E-state index >= 15 is 4.39 Å². The topological polar surface area (TPSA) is 116 Å². The van der Waals surface area contributed by atoms with Gasteiger partial charge >= 0.3 is 5.97 Å². The molecule has 2 aromatic carbocycles. The molecule has 0 bridgehead atoms. The monoisotopic (exact) mass is 614 g/mol. The molecule has 0 aliphatic heterocycles. The number of carbonyl (C=O) groups is 4. The van der Waals surface area contributed by atoms with Crippen LogP contribution in [0.5, 0.6) is 17.2 Å². The number of ether oxygens (including phenoxy) is 3. The van der Waals surface area contributed by atoms with Crippen LogP contribution in [-0.4, -0.2) is 49.3 Å². The number of hydrogen-bond donors (Lipinski definition) is 1. The summed E-state index contributed by atoms with van der Waals surface area (Å²) in [4.78, 5) is 48.3. The molecular weight excluding hydrogens is 583 g/mol. The SMILES string of the molecule is COc1cc2sc(C(=O)CCC(=O)O)cc2cc1CCCOc1c(OC)cc2sc(C(=O)C[C@H](C)C(C)=O)cc2c1F. The molecule has 2 heterocycles. The number of ketones is 3. The van der Waals surface area contributed by atoms with Crippen LogP contribution in [0.3, 0.4) is 0 Å². The Morgan fingerprint density at radius 2 is 1.57 bits per heavy atom. The summed E-state index contributed by atoms with van der Waals surface area (Å²) in [7, 11) is 2.98. The third kappa shape index (κ3) is 6.96. The second kappa shape index (κ2) is 13.4. The lowest BCUT2D eigenvalue weighted by Crippen LogP contribution is -2.11. The van der Waals surface area contributed by atoms with Crippen molar-refractivity contribution in [3.63, 3.8) is 0 Å². The fourth-order valence-electron chi connectivity index (χ4n) is 4.46. The molecule has 1 N–H and O–H groups in total. The Bertz CT molecular complexity index is 1670. The Morgan fingerprint density at radius 1 is 0.905 bits per heavy atom. The van der Waals surface area contributed by atoms with E-state index in [2.05, 4.69) is 0 Å². The van der Waals surface area contributed by atoms with Gasteiger partial charge in [-0.25, -0.2) is 4.39 Å². The van der Waals surface area contributed by atoms with Gasteiger partial charge in [0.1, 0.15) is 11.5 Å². The largest absolute Gasteiger partial charge is 0.496 e. The third-order valence-electron chi connectivity index (χ3n) is 6.96. The van der Waals surface area contributed by atoms with E-state index in [-0.39, 0.29) is 60.1 Å². The highest BCUT2D eigenvalue weighted by Gasteiger charge is 2.22. The summed E-state index contributed by atoms with van der Waals surface area (Å²) in [6.07, 6.45) is 0.860. The maximum Gasteiger partial charge on any atom is 0.303 e. The van der Waals surface area contributed by atoms with Crippen molar-refractivity contribution in [1.82, 2.24) is 0 Å². The van der Waals surface area contributed by atoms with Gasteiger partial charge in [-0.1, -0.05) is 6.92 Å². The number of aliphatic carboxylic acids is 1. The molecule has 11 heteroatoms. The summed E-state index contributed by atoms with van der Waals surface area (Å²) in [5, 5.41) is 9.97.